The van der Waals surface area contributed by atoms with E-state index >= 15 is 0 Å². The van der Waals surface area contributed by atoms with Crippen molar-refractivity contribution >= 4 is 45.6 Å². The number of hydrogen-bond donors (Lipinski definition) is 3. The number of amides is 1. The molecule has 4 heterocycles. The summed E-state index contributed by atoms with van der Waals surface area (Å²) in [6.07, 6.45) is 0. The van der Waals surface area contributed by atoms with Crippen LogP contribution in [0.1, 0.15) is 10.5 Å². The summed E-state index contributed by atoms with van der Waals surface area (Å²) in [5.41, 5.74) is 6.29. The number of fused-ring (bicyclic) bond motifs is 1. The number of aromatic hydroxyl groups is 1. The van der Waals surface area contributed by atoms with E-state index in [0.717, 1.165) is 4.57 Å². The number of H-pyrrole nitrogens is 1. The number of aromatic nitrogens is 6. The Balaban J connectivity index is 1.58. The van der Waals surface area contributed by atoms with Gasteiger partial charge < -0.3 is 25.3 Å². The second-order valence-corrected chi connectivity index (χ2v) is 7.80. The van der Waals surface area contributed by atoms with Gasteiger partial charge in [-0.25, -0.2) is 0 Å². The number of thiophene rings is 1. The number of rotatable bonds is 6. The molecule has 1 amide bonds. The Labute approximate surface area is 192 Å². The van der Waals surface area contributed by atoms with Gasteiger partial charge in [-0.05, 0) is 27.8 Å². The van der Waals surface area contributed by atoms with Crippen LogP contribution in [0, 0.1) is 0 Å². The zero-order valence-corrected chi connectivity index (χ0v) is 17.8. The fourth-order valence-electron chi connectivity index (χ4n) is 3.40. The number of aliphatic carboxylic acids is 1. The molecule has 1 aromatic carbocycles. The minimum atomic E-state index is -1.40. The van der Waals surface area contributed by atoms with Crippen LogP contribution in [0.3, 0.4) is 0 Å². The number of nitrogens with two attached hydrogens (primary N) is 1. The summed E-state index contributed by atoms with van der Waals surface area (Å²) in [7, 11) is 0. The van der Waals surface area contributed by atoms with E-state index in [9.17, 15) is 19.8 Å². The Morgan fingerprint density at radius 2 is 2.09 bits per heavy atom. The van der Waals surface area contributed by atoms with Crippen molar-refractivity contribution in [3.63, 3.8) is 0 Å². The summed E-state index contributed by atoms with van der Waals surface area (Å²) < 4.78 is 7.06. The molecular formula is C19H13N9O5S. The van der Waals surface area contributed by atoms with Crippen molar-refractivity contribution in [3.05, 3.63) is 47.5 Å². The van der Waals surface area contributed by atoms with Gasteiger partial charge in [0.25, 0.3) is 11.5 Å². The summed E-state index contributed by atoms with van der Waals surface area (Å²) in [4.78, 5) is 24.7. The van der Waals surface area contributed by atoms with Gasteiger partial charge in [0, 0.05) is 5.39 Å². The van der Waals surface area contributed by atoms with Gasteiger partial charge in [0.2, 0.25) is 5.88 Å². The molecule has 5 rings (SSSR count). The predicted octanol–water partition coefficient (Wildman–Crippen LogP) is 0.714. The highest BCUT2D eigenvalue weighted by molar-refractivity contribution is 7.13. The molecule has 0 saturated heterocycles. The van der Waals surface area contributed by atoms with Gasteiger partial charge in [-0.2, -0.15) is 4.63 Å². The lowest BCUT2D eigenvalue weighted by molar-refractivity contribution is -0.652. The highest BCUT2D eigenvalue weighted by atomic mass is 32.1. The lowest BCUT2D eigenvalue weighted by Gasteiger charge is -2.06. The maximum absolute atomic E-state index is 13.0. The zero-order valence-electron chi connectivity index (χ0n) is 16.9. The molecule has 170 valence electrons. The molecule has 4 N–H and O–H groups in total. The number of carbonyl (C=O) groups is 2. The average molecular weight is 479 g/mol. The van der Waals surface area contributed by atoms with Crippen LogP contribution in [0.15, 0.2) is 56.6 Å². The number of anilines is 1. The first kappa shape index (κ1) is 21.0. The third-order valence-electron chi connectivity index (χ3n) is 4.82. The molecule has 34 heavy (non-hydrogen) atoms. The van der Waals surface area contributed by atoms with Crippen LogP contribution in [-0.2, 0) is 11.3 Å². The van der Waals surface area contributed by atoms with Crippen molar-refractivity contribution in [1.29, 1.82) is 0 Å². The maximum Gasteiger partial charge on any atom is 0.377 e. The monoisotopic (exact) mass is 479 g/mol. The van der Waals surface area contributed by atoms with E-state index in [1.165, 1.54) is 16.0 Å². The Bertz CT molecular complexity index is 1560. The van der Waals surface area contributed by atoms with Gasteiger partial charge in [0.1, 0.15) is 5.16 Å². The molecule has 0 aliphatic carbocycles. The molecule has 0 aliphatic rings. The summed E-state index contributed by atoms with van der Waals surface area (Å²) in [5, 5.41) is 45.4. The number of hydrogen-bond acceptors (Lipinski definition) is 11. The van der Waals surface area contributed by atoms with E-state index in [-0.39, 0.29) is 23.0 Å². The van der Waals surface area contributed by atoms with Crippen LogP contribution >= 0.6 is 11.3 Å². The molecule has 0 bridgehead atoms. The number of nitrogens with one attached hydrogen (secondary N) is 1. The van der Waals surface area contributed by atoms with Crippen LogP contribution in [0.2, 0.25) is 0 Å². The van der Waals surface area contributed by atoms with Crippen molar-refractivity contribution in [3.8, 4) is 22.3 Å². The number of benzene rings is 1. The molecule has 0 spiro atoms. The van der Waals surface area contributed by atoms with Gasteiger partial charge in [-0.1, -0.05) is 24.3 Å². The summed E-state index contributed by atoms with van der Waals surface area (Å²) in [6, 6.07) is 10.1. The number of carboxylic acid groups (broad SMARTS) is 1. The second kappa shape index (κ2) is 8.21. The third-order valence-corrected chi connectivity index (χ3v) is 5.70. The van der Waals surface area contributed by atoms with Crippen molar-refractivity contribution in [1.82, 2.24) is 25.2 Å². The summed E-state index contributed by atoms with van der Waals surface area (Å²) in [5.74, 6) is -2.66. The quantitative estimate of drug-likeness (QED) is 0.231. The summed E-state index contributed by atoms with van der Waals surface area (Å²) in [6.45, 7) is -0.606. The van der Waals surface area contributed by atoms with Crippen molar-refractivity contribution in [2.24, 2.45) is 10.2 Å². The molecular weight excluding hydrogens is 466 g/mol. The van der Waals surface area contributed by atoms with Crippen LogP contribution < -0.4 is 15.5 Å². The lowest BCUT2D eigenvalue weighted by atomic mass is 10.2. The Hall–Kier alpha value is -4.92. The van der Waals surface area contributed by atoms with Crippen molar-refractivity contribution < 1.29 is 29.1 Å². The van der Waals surface area contributed by atoms with E-state index in [0.29, 0.717) is 21.5 Å². The molecule has 4 aromatic heterocycles. The molecule has 0 unspecified atom stereocenters. The first-order chi connectivity index (χ1) is 16.5. The standard InChI is InChI=1S/C19H13N9O5S/c20-16-17(25-33-24-16)28-15(11-6-3-7-34-11)14(22-26-28)18(31)23-21-13-9-4-1-2-5-10(9)27(19(13)32)8-12(29)30/h1-7H,8H2,(H4,20,23,24,29,30,31,32). The van der Waals surface area contributed by atoms with E-state index in [1.807, 2.05) is 0 Å². The summed E-state index contributed by atoms with van der Waals surface area (Å²) >= 11 is 1.33. The Morgan fingerprint density at radius 3 is 2.79 bits per heavy atom. The molecule has 0 aliphatic heterocycles. The highest BCUT2D eigenvalue weighted by Gasteiger charge is 2.32. The number of aromatic amines is 1. The van der Waals surface area contributed by atoms with Crippen LogP contribution in [0.25, 0.3) is 27.3 Å². The van der Waals surface area contributed by atoms with Crippen LogP contribution in [0.5, 0.6) is 5.88 Å². The minimum Gasteiger partial charge on any atom is -0.548 e. The number of carboxylic acids is 1. The van der Waals surface area contributed by atoms with E-state index < -0.39 is 24.3 Å². The number of nitrogen functional groups attached to an aromatic ring is 1. The largest absolute Gasteiger partial charge is 0.548 e. The minimum absolute atomic E-state index is 0.0299. The van der Waals surface area contributed by atoms with Gasteiger partial charge in [-0.15, -0.1) is 31.5 Å². The lowest BCUT2D eigenvalue weighted by Crippen LogP contribution is -2.36. The average Bonchev–Trinajstić information content (AvgIpc) is 3.60. The number of carbonyl (C=O) groups excluding carboxylic acids is 2. The fourth-order valence-corrected chi connectivity index (χ4v) is 4.16. The second-order valence-electron chi connectivity index (χ2n) is 6.85. The van der Waals surface area contributed by atoms with Gasteiger partial charge in [0.05, 0.1) is 22.9 Å². The van der Waals surface area contributed by atoms with Crippen LogP contribution in [-0.4, -0.2) is 42.2 Å². The first-order valence-electron chi connectivity index (χ1n) is 9.54. The maximum atomic E-state index is 13.0. The van der Waals surface area contributed by atoms with E-state index in [2.05, 4.69) is 35.5 Å². The number of para-hydroxylation sites is 1. The molecule has 5 aromatic rings. The van der Waals surface area contributed by atoms with Gasteiger partial charge >= 0.3 is 11.7 Å². The number of nitrogens with zero attached hydrogens (tertiary/aromatic N) is 7. The zero-order chi connectivity index (χ0) is 23.8. The first-order valence-corrected chi connectivity index (χ1v) is 10.4. The van der Waals surface area contributed by atoms with E-state index in [1.54, 1.807) is 41.8 Å². The van der Waals surface area contributed by atoms with Crippen LogP contribution in [0.4, 0.5) is 11.5 Å². The molecule has 15 heteroatoms. The normalized spacial score (nSPS) is 11.5. The smallest absolute Gasteiger partial charge is 0.377 e. The highest BCUT2D eigenvalue weighted by Crippen LogP contribution is 2.38. The number of azo groups is 1. The topological polar surface area (TPSA) is 205 Å². The molecule has 0 radical (unpaired) electrons. The van der Waals surface area contributed by atoms with Crippen molar-refractivity contribution in [2.75, 3.05) is 5.73 Å². The molecule has 0 fully saturated rings. The SMILES string of the molecule is Nc1nonc1-[n+]1[nH]nc(C(=O)N=Nc2c(O)n(CC(=O)[O-])c3ccccc23)c1-c1cccs1. The van der Waals surface area contributed by atoms with Gasteiger partial charge in [0.15, 0.2) is 11.4 Å². The van der Waals surface area contributed by atoms with Gasteiger partial charge in [-0.3, -0.25) is 4.79 Å². The third kappa shape index (κ3) is 3.45. The molecule has 0 saturated carbocycles. The van der Waals surface area contributed by atoms with E-state index in [4.69, 9.17) is 5.73 Å². The molecule has 0 atom stereocenters. The Kier molecular flexibility index (Phi) is 5.06. The Morgan fingerprint density at radius 1 is 1.26 bits per heavy atom. The fraction of sp³-hybridized carbons (Fsp3) is 0.0526. The van der Waals surface area contributed by atoms with Crippen molar-refractivity contribution in [2.45, 2.75) is 6.54 Å². The molecule has 14 nitrogen and oxygen atoms in total. The predicted molar refractivity (Wildman–Crippen MR) is 113 cm³/mol.